The molecule has 4 heteroatoms. The number of piperidine rings is 1. The number of ether oxygens (including phenoxy) is 1. The van der Waals surface area contributed by atoms with Crippen LogP contribution in [0.15, 0.2) is 28.7 Å². The maximum Gasteiger partial charge on any atom is 0.306 e. The number of halogens is 1. The van der Waals surface area contributed by atoms with Gasteiger partial charge < -0.3 is 10.1 Å². The van der Waals surface area contributed by atoms with Crippen LogP contribution in [-0.4, -0.2) is 19.1 Å². The monoisotopic (exact) mass is 325 g/mol. The first-order chi connectivity index (χ1) is 9.24. The van der Waals surface area contributed by atoms with Crippen LogP contribution in [0.2, 0.25) is 0 Å². The molecule has 0 bridgehead atoms. The van der Waals surface area contributed by atoms with E-state index in [0.29, 0.717) is 18.9 Å². The summed E-state index contributed by atoms with van der Waals surface area (Å²) in [5, 5.41) is 3.33. The predicted molar refractivity (Wildman–Crippen MR) is 78.8 cm³/mol. The van der Waals surface area contributed by atoms with Crippen molar-refractivity contribution in [2.75, 3.05) is 13.1 Å². The highest BCUT2D eigenvalue weighted by molar-refractivity contribution is 9.10. The van der Waals surface area contributed by atoms with E-state index in [4.69, 9.17) is 4.74 Å². The van der Waals surface area contributed by atoms with Crippen LogP contribution in [0.4, 0.5) is 0 Å². The van der Waals surface area contributed by atoms with E-state index in [1.807, 2.05) is 24.3 Å². The molecule has 2 rings (SSSR count). The molecule has 1 aliphatic rings. The van der Waals surface area contributed by atoms with Crippen LogP contribution >= 0.6 is 15.9 Å². The van der Waals surface area contributed by atoms with Gasteiger partial charge in [0.05, 0.1) is 0 Å². The van der Waals surface area contributed by atoms with Crippen molar-refractivity contribution >= 4 is 21.9 Å². The highest BCUT2D eigenvalue weighted by Gasteiger charge is 2.14. The number of carbonyl (C=O) groups is 1. The molecule has 1 saturated heterocycles. The first-order valence-corrected chi connectivity index (χ1v) is 7.64. The summed E-state index contributed by atoms with van der Waals surface area (Å²) in [6.07, 6.45) is 3.86. The lowest BCUT2D eigenvalue weighted by Gasteiger charge is -2.21. The van der Waals surface area contributed by atoms with Gasteiger partial charge in [0.2, 0.25) is 0 Å². The van der Waals surface area contributed by atoms with Crippen LogP contribution in [0.25, 0.3) is 0 Å². The summed E-state index contributed by atoms with van der Waals surface area (Å²) in [4.78, 5) is 11.7. The largest absolute Gasteiger partial charge is 0.461 e. The van der Waals surface area contributed by atoms with Crippen LogP contribution < -0.4 is 5.32 Å². The first-order valence-electron chi connectivity index (χ1n) is 6.85. The highest BCUT2D eigenvalue weighted by Crippen LogP contribution is 2.18. The van der Waals surface area contributed by atoms with E-state index in [-0.39, 0.29) is 5.97 Å². The fourth-order valence-corrected chi connectivity index (χ4v) is 2.57. The van der Waals surface area contributed by atoms with Crippen LogP contribution in [0, 0.1) is 5.92 Å². The third-order valence-corrected chi connectivity index (χ3v) is 4.06. The fraction of sp³-hybridized carbons (Fsp3) is 0.533. The van der Waals surface area contributed by atoms with Crippen molar-refractivity contribution in [3.8, 4) is 0 Å². The molecular weight excluding hydrogens is 306 g/mol. The lowest BCUT2D eigenvalue weighted by molar-refractivity contribution is -0.145. The Balaban J connectivity index is 1.65. The number of hydrogen-bond acceptors (Lipinski definition) is 3. The molecule has 0 aromatic heterocycles. The molecule has 0 saturated carbocycles. The van der Waals surface area contributed by atoms with Gasteiger partial charge in [0.1, 0.15) is 6.61 Å². The summed E-state index contributed by atoms with van der Waals surface area (Å²) in [7, 11) is 0. The molecule has 0 radical (unpaired) electrons. The maximum absolute atomic E-state index is 11.7. The molecule has 1 fully saturated rings. The predicted octanol–water partition coefficient (Wildman–Crippen LogP) is 3.27. The van der Waals surface area contributed by atoms with E-state index in [0.717, 1.165) is 29.5 Å². The Bertz CT molecular complexity index is 399. The summed E-state index contributed by atoms with van der Waals surface area (Å²) in [5.74, 6) is 0.600. The Morgan fingerprint density at radius 3 is 2.63 bits per heavy atom. The normalized spacial score (nSPS) is 16.3. The zero-order valence-electron chi connectivity index (χ0n) is 11.0. The van der Waals surface area contributed by atoms with Gasteiger partial charge in [-0.05, 0) is 56.0 Å². The Labute approximate surface area is 122 Å². The molecular formula is C15H20BrNO2. The lowest BCUT2D eigenvalue weighted by atomic mass is 9.93. The Morgan fingerprint density at radius 2 is 1.95 bits per heavy atom. The molecule has 0 aliphatic carbocycles. The number of benzene rings is 1. The Hall–Kier alpha value is -0.870. The van der Waals surface area contributed by atoms with Gasteiger partial charge in [-0.1, -0.05) is 28.1 Å². The van der Waals surface area contributed by atoms with Crippen molar-refractivity contribution in [2.24, 2.45) is 5.92 Å². The van der Waals surface area contributed by atoms with Crippen molar-refractivity contribution in [1.29, 1.82) is 0 Å². The van der Waals surface area contributed by atoms with Crippen LogP contribution in [0.1, 0.15) is 31.2 Å². The summed E-state index contributed by atoms with van der Waals surface area (Å²) >= 11 is 3.38. The van der Waals surface area contributed by atoms with E-state index < -0.39 is 0 Å². The van der Waals surface area contributed by atoms with E-state index in [1.54, 1.807) is 0 Å². The van der Waals surface area contributed by atoms with Crippen LogP contribution in [-0.2, 0) is 16.1 Å². The number of hydrogen-bond donors (Lipinski definition) is 1. The van der Waals surface area contributed by atoms with Gasteiger partial charge >= 0.3 is 5.97 Å². The second-order valence-corrected chi connectivity index (χ2v) is 5.93. The lowest BCUT2D eigenvalue weighted by Crippen LogP contribution is -2.28. The smallest absolute Gasteiger partial charge is 0.306 e. The van der Waals surface area contributed by atoms with Gasteiger partial charge in [-0.25, -0.2) is 0 Å². The third kappa shape index (κ3) is 5.33. The molecule has 1 aromatic rings. The summed E-state index contributed by atoms with van der Waals surface area (Å²) in [6, 6.07) is 7.84. The van der Waals surface area contributed by atoms with Crippen molar-refractivity contribution in [3.63, 3.8) is 0 Å². The van der Waals surface area contributed by atoms with Gasteiger partial charge in [0, 0.05) is 10.9 Å². The minimum absolute atomic E-state index is 0.0820. The van der Waals surface area contributed by atoms with E-state index in [2.05, 4.69) is 21.2 Å². The second-order valence-electron chi connectivity index (χ2n) is 5.02. The number of nitrogens with one attached hydrogen (secondary N) is 1. The number of esters is 1. The zero-order chi connectivity index (χ0) is 13.5. The molecule has 0 amide bonds. The summed E-state index contributed by atoms with van der Waals surface area (Å²) in [6.45, 7) is 2.54. The fourth-order valence-electron chi connectivity index (χ4n) is 2.31. The second kappa shape index (κ2) is 7.65. The first kappa shape index (κ1) is 14.5. The van der Waals surface area contributed by atoms with Crippen molar-refractivity contribution < 1.29 is 9.53 Å². The van der Waals surface area contributed by atoms with Gasteiger partial charge in [0.25, 0.3) is 0 Å². The third-order valence-electron chi connectivity index (χ3n) is 3.53. The maximum atomic E-state index is 11.7. The summed E-state index contributed by atoms with van der Waals surface area (Å²) < 4.78 is 6.32. The molecule has 3 nitrogen and oxygen atoms in total. The van der Waals surface area contributed by atoms with E-state index in [1.165, 1.54) is 12.8 Å². The molecule has 1 aromatic carbocycles. The van der Waals surface area contributed by atoms with Crippen molar-refractivity contribution in [2.45, 2.75) is 32.3 Å². The van der Waals surface area contributed by atoms with Gasteiger partial charge in [-0.15, -0.1) is 0 Å². The molecule has 0 spiro atoms. The molecule has 104 valence electrons. The average Bonchev–Trinajstić information content (AvgIpc) is 2.45. The topological polar surface area (TPSA) is 38.3 Å². The minimum Gasteiger partial charge on any atom is -0.461 e. The van der Waals surface area contributed by atoms with Crippen LogP contribution in [0.5, 0.6) is 0 Å². The minimum atomic E-state index is -0.0820. The number of carbonyl (C=O) groups excluding carboxylic acids is 1. The Morgan fingerprint density at radius 1 is 1.26 bits per heavy atom. The standard InChI is InChI=1S/C15H20BrNO2/c16-14-4-1-13(2-5-14)11-19-15(18)6-3-12-7-9-17-10-8-12/h1-2,4-5,12,17H,3,6-11H2. The molecule has 1 N–H and O–H groups in total. The number of rotatable bonds is 5. The van der Waals surface area contributed by atoms with Crippen LogP contribution in [0.3, 0.4) is 0 Å². The van der Waals surface area contributed by atoms with Gasteiger partial charge in [-0.3, -0.25) is 4.79 Å². The van der Waals surface area contributed by atoms with Crippen molar-refractivity contribution in [3.05, 3.63) is 34.3 Å². The van der Waals surface area contributed by atoms with E-state index >= 15 is 0 Å². The highest BCUT2D eigenvalue weighted by atomic mass is 79.9. The van der Waals surface area contributed by atoms with Gasteiger partial charge in [-0.2, -0.15) is 0 Å². The quantitative estimate of drug-likeness (QED) is 0.844. The Kier molecular flexibility index (Phi) is 5.86. The molecule has 0 atom stereocenters. The molecule has 0 unspecified atom stereocenters. The molecule has 1 aliphatic heterocycles. The van der Waals surface area contributed by atoms with Crippen molar-refractivity contribution in [1.82, 2.24) is 5.32 Å². The molecule has 1 heterocycles. The molecule has 19 heavy (non-hydrogen) atoms. The van der Waals surface area contributed by atoms with E-state index in [9.17, 15) is 4.79 Å². The van der Waals surface area contributed by atoms with Gasteiger partial charge in [0.15, 0.2) is 0 Å². The zero-order valence-corrected chi connectivity index (χ0v) is 12.6. The average molecular weight is 326 g/mol. The summed E-state index contributed by atoms with van der Waals surface area (Å²) in [5.41, 5.74) is 1.03. The SMILES string of the molecule is O=C(CCC1CCNCC1)OCc1ccc(Br)cc1.